The van der Waals surface area contributed by atoms with E-state index in [1.807, 2.05) is 91.0 Å². The molecule has 3 heteroatoms. The van der Waals surface area contributed by atoms with Gasteiger partial charge in [-0.1, -0.05) is 194 Å². The Bertz CT molecular complexity index is 4570. The second-order valence-corrected chi connectivity index (χ2v) is 18.7. The Morgan fingerprint density at radius 3 is 1.54 bits per heavy atom. The van der Waals surface area contributed by atoms with E-state index in [9.17, 15) is 5.48 Å². The summed E-state index contributed by atoms with van der Waals surface area (Å²) in [4.78, 5) is 4.50. The van der Waals surface area contributed by atoms with E-state index in [0.29, 0.717) is 0 Å². The lowest BCUT2D eigenvalue weighted by Gasteiger charge is -2.35. The van der Waals surface area contributed by atoms with Crippen LogP contribution in [-0.2, 0) is 5.41 Å². The molecule has 0 saturated heterocycles. The van der Waals surface area contributed by atoms with Crippen LogP contribution in [0.25, 0.3) is 60.5 Å². The Labute approximate surface area is 441 Å². The second-order valence-electron chi connectivity index (χ2n) is 18.7. The third-order valence-electron chi connectivity index (χ3n) is 14.6. The van der Waals surface area contributed by atoms with E-state index in [-0.39, 0.29) is 34.5 Å². The van der Waals surface area contributed by atoms with Crippen LogP contribution in [0.1, 0.15) is 31.8 Å². The Hall–Kier alpha value is -9.70. The minimum Gasteiger partial charge on any atom is -0.310 e. The first-order chi connectivity index (χ1) is 39.6. The van der Waals surface area contributed by atoms with E-state index in [2.05, 4.69) is 178 Å². The Kier molecular flexibility index (Phi) is 8.75. The summed E-state index contributed by atoms with van der Waals surface area (Å²) in [6, 6.07) is 84.5. The highest BCUT2D eigenvalue weighted by Gasteiger charge is 2.47. The number of nitrogens with zero attached hydrogens (tertiary/aromatic N) is 3. The lowest BCUT2D eigenvalue weighted by Crippen LogP contribution is -2.28. The van der Waals surface area contributed by atoms with E-state index in [1.165, 1.54) is 0 Å². The van der Waals surface area contributed by atoms with Crippen LogP contribution in [0.5, 0.6) is 0 Å². The molecule has 0 spiro atoms. The molecule has 0 radical (unpaired) electrons. The Morgan fingerprint density at radius 1 is 0.351 bits per heavy atom. The molecule has 0 N–H and O–H groups in total. The maximum atomic E-state index is 10.5. The number of aromatic nitrogens is 1. The van der Waals surface area contributed by atoms with Gasteiger partial charge in [0, 0.05) is 50.5 Å². The van der Waals surface area contributed by atoms with Gasteiger partial charge >= 0.3 is 0 Å². The fraction of sp³-hybridized carbons (Fsp3) is 0.0141. The summed E-state index contributed by atoms with van der Waals surface area (Å²) in [6.45, 7) is 0. The first kappa shape index (κ1) is 36.3. The summed E-state index contributed by atoms with van der Waals surface area (Å²) >= 11 is 0. The van der Waals surface area contributed by atoms with E-state index in [1.54, 1.807) is 0 Å². The van der Waals surface area contributed by atoms with Crippen LogP contribution in [0.15, 0.2) is 297 Å². The fourth-order valence-corrected chi connectivity index (χ4v) is 11.5. The topological polar surface area (TPSA) is 11.4 Å². The summed E-state index contributed by atoms with van der Waals surface area (Å²) in [5.74, 6) is 0. The third kappa shape index (κ3) is 6.97. The van der Waals surface area contributed by atoms with Crippen molar-refractivity contribution in [2.24, 2.45) is 0 Å². The molecule has 1 aliphatic carbocycles. The van der Waals surface area contributed by atoms with Crippen molar-refractivity contribution in [1.82, 2.24) is 4.57 Å². The molecular weight excluding hydrogens is 895 g/mol. The molecule has 3 nitrogen and oxygen atoms in total. The van der Waals surface area contributed by atoms with Crippen LogP contribution < -0.4 is 9.80 Å². The van der Waals surface area contributed by atoms with Crippen molar-refractivity contribution < 1.29 is 9.60 Å². The predicted molar refractivity (Wildman–Crippen MR) is 310 cm³/mol. The van der Waals surface area contributed by atoms with Crippen LogP contribution in [0.4, 0.5) is 34.1 Å². The zero-order chi connectivity index (χ0) is 55.1. The summed E-state index contributed by atoms with van der Waals surface area (Å²) in [5, 5.41) is 1.68. The molecule has 1 atom stereocenters. The Morgan fingerprint density at radius 2 is 0.878 bits per heavy atom. The largest absolute Gasteiger partial charge is 0.310 e. The number of rotatable bonds is 10. The van der Waals surface area contributed by atoms with E-state index in [0.717, 1.165) is 101 Å². The highest BCUT2D eigenvalue weighted by atomic mass is 15.1. The number of fused-ring (bicyclic) bond motifs is 7. The van der Waals surface area contributed by atoms with Gasteiger partial charge in [0.05, 0.1) is 31.7 Å². The summed E-state index contributed by atoms with van der Waals surface area (Å²) in [5.41, 5.74) is 13.0. The normalized spacial score (nSPS) is 15.1. The van der Waals surface area contributed by atoms with Gasteiger partial charge in [0.1, 0.15) is 0 Å². The van der Waals surface area contributed by atoms with Crippen molar-refractivity contribution >= 4 is 66.7 Å². The standard InChI is InChI=1S/C71H49N3/c1-6-23-51(24-7-1)61-34-18-20-36-68(61)73(57-30-12-4-13-31-57)60-42-44-67-64(49-60)63-48-59(72(55-26-8-2-9-27-55)56-28-10-3-11-29-56)41-43-66(63)71(67,53-39-38-50-22-16-17-25-52(50)46-53)54-40-45-70-65(47-54)62-35-19-21-37-69(62)74(70)58-32-14-5-15-33-58/h1-49H/i16D,17D,22D,25D,38D,39D,46D. The van der Waals surface area contributed by atoms with Gasteiger partial charge in [-0.2, -0.15) is 0 Å². The van der Waals surface area contributed by atoms with E-state index < -0.39 is 29.6 Å². The minimum absolute atomic E-state index is 0.103. The number of hydrogen-bond donors (Lipinski definition) is 0. The zero-order valence-corrected chi connectivity index (χ0v) is 40.1. The molecule has 1 aromatic heterocycles. The highest BCUT2D eigenvalue weighted by Crippen LogP contribution is 2.59. The van der Waals surface area contributed by atoms with E-state index in [4.69, 9.17) is 4.11 Å². The lowest BCUT2D eigenvalue weighted by molar-refractivity contribution is 0.771. The molecule has 74 heavy (non-hydrogen) atoms. The number of benzene rings is 12. The molecule has 1 unspecified atom stereocenters. The number of anilines is 6. The number of hydrogen-bond acceptors (Lipinski definition) is 2. The van der Waals surface area contributed by atoms with Crippen molar-refractivity contribution in [3.05, 3.63) is 319 Å². The van der Waals surface area contributed by atoms with Gasteiger partial charge in [-0.15, -0.1) is 0 Å². The fourth-order valence-electron chi connectivity index (χ4n) is 11.5. The van der Waals surface area contributed by atoms with Crippen molar-refractivity contribution in [3.8, 4) is 27.9 Å². The molecule has 0 saturated carbocycles. The lowest BCUT2D eigenvalue weighted by atomic mass is 9.67. The smallest absolute Gasteiger partial charge is 0.0714 e. The summed E-state index contributed by atoms with van der Waals surface area (Å²) in [6.07, 6.45) is 0. The van der Waals surface area contributed by atoms with Gasteiger partial charge in [-0.3, -0.25) is 0 Å². The maximum Gasteiger partial charge on any atom is 0.0714 e. The van der Waals surface area contributed by atoms with E-state index >= 15 is 0 Å². The molecule has 12 aromatic carbocycles. The average Bonchev–Trinajstić information content (AvgIpc) is 2.91. The SMILES string of the molecule is [2H]c1c([2H])c([2H])c2c([2H])c(C3(c4ccc5c(c4)c4ccccc4n5-c4ccccc4)c4ccc(N(c5ccccc5)c5ccccc5)cc4-c4cc(N(c5ccccc5)c5ccccc5-c5ccccc5)ccc43)c([2H])c([2H])c2c1[2H]. The molecular formula is C71H49N3. The molecule has 1 aliphatic rings. The molecule has 0 amide bonds. The molecule has 13 aromatic rings. The molecule has 14 rings (SSSR count). The van der Waals surface area contributed by atoms with Gasteiger partial charge in [0.2, 0.25) is 0 Å². The van der Waals surface area contributed by atoms with Gasteiger partial charge in [0.25, 0.3) is 0 Å². The minimum atomic E-state index is -1.52. The van der Waals surface area contributed by atoms with Crippen molar-refractivity contribution in [1.29, 1.82) is 0 Å². The zero-order valence-electron chi connectivity index (χ0n) is 47.1. The maximum absolute atomic E-state index is 10.5. The summed E-state index contributed by atoms with van der Waals surface area (Å²) < 4.78 is 69.2. The van der Waals surface area contributed by atoms with Crippen LogP contribution in [-0.4, -0.2) is 4.57 Å². The average molecular weight is 951 g/mol. The van der Waals surface area contributed by atoms with Gasteiger partial charge in [-0.25, -0.2) is 0 Å². The molecule has 0 bridgehead atoms. The van der Waals surface area contributed by atoms with Crippen LogP contribution >= 0.6 is 0 Å². The van der Waals surface area contributed by atoms with Crippen LogP contribution in [0.2, 0.25) is 0 Å². The highest BCUT2D eigenvalue weighted by molar-refractivity contribution is 6.10. The van der Waals surface area contributed by atoms with Crippen LogP contribution in [0.3, 0.4) is 0 Å². The van der Waals surface area contributed by atoms with Crippen molar-refractivity contribution in [2.45, 2.75) is 5.41 Å². The predicted octanol–water partition coefficient (Wildman–Crippen LogP) is 18.9. The quantitative estimate of drug-likeness (QED) is 0.135. The molecule has 0 aliphatic heterocycles. The van der Waals surface area contributed by atoms with Gasteiger partial charge < -0.3 is 14.4 Å². The first-order valence-corrected chi connectivity index (χ1v) is 24.9. The van der Waals surface area contributed by atoms with Crippen LogP contribution in [0, 0.1) is 0 Å². The molecule has 0 fully saturated rings. The Balaban J connectivity index is 1.14. The third-order valence-corrected chi connectivity index (χ3v) is 14.6. The van der Waals surface area contributed by atoms with Gasteiger partial charge in [0.15, 0.2) is 0 Å². The van der Waals surface area contributed by atoms with Crippen molar-refractivity contribution in [3.63, 3.8) is 0 Å². The molecule has 348 valence electrons. The molecule has 1 heterocycles. The monoisotopic (exact) mass is 950 g/mol. The summed E-state index contributed by atoms with van der Waals surface area (Å²) in [7, 11) is 0. The number of para-hydroxylation sites is 6. The second kappa shape index (κ2) is 17.9. The van der Waals surface area contributed by atoms with Gasteiger partial charge in [-0.05, 0) is 153 Å². The first-order valence-electron chi connectivity index (χ1n) is 28.4. The van der Waals surface area contributed by atoms with Crippen molar-refractivity contribution in [2.75, 3.05) is 9.80 Å².